The average Bonchev–Trinajstić information content (AvgIpc) is 2.96. The van der Waals surface area contributed by atoms with Crippen LogP contribution >= 0.6 is 0 Å². The number of rotatable bonds is 7. The van der Waals surface area contributed by atoms with E-state index in [0.717, 1.165) is 24.8 Å². The van der Waals surface area contributed by atoms with Crippen LogP contribution in [0.4, 0.5) is 9.59 Å². The Labute approximate surface area is 228 Å². The first-order chi connectivity index (χ1) is 19.0. The van der Waals surface area contributed by atoms with E-state index in [4.69, 9.17) is 14.6 Å². The van der Waals surface area contributed by atoms with Gasteiger partial charge in [0.1, 0.15) is 19.0 Å². The van der Waals surface area contributed by atoms with E-state index in [0.29, 0.717) is 37.8 Å². The zero-order valence-electron chi connectivity index (χ0n) is 22.0. The van der Waals surface area contributed by atoms with Crippen LogP contribution in [0.5, 0.6) is 5.75 Å². The molecule has 10 heteroatoms. The van der Waals surface area contributed by atoms with Crippen LogP contribution < -0.4 is 15.4 Å². The third kappa shape index (κ3) is 6.62. The Bertz CT molecular complexity index is 1150. The van der Waals surface area contributed by atoms with E-state index in [1.165, 1.54) is 5.56 Å². The molecule has 3 fully saturated rings. The molecule has 3 atom stereocenters. The van der Waals surface area contributed by atoms with Crippen molar-refractivity contribution in [3.63, 3.8) is 0 Å². The highest BCUT2D eigenvalue weighted by Crippen LogP contribution is 2.39. The second-order valence-electron chi connectivity index (χ2n) is 10.4. The van der Waals surface area contributed by atoms with Crippen molar-refractivity contribution in [3.8, 4) is 5.75 Å². The van der Waals surface area contributed by atoms with E-state index >= 15 is 0 Å². The molecule has 4 amide bonds. The SMILES string of the molecule is O=C(O)NCCOc1cccc([C@@H](c2ccccc2)C2CCN(C(=O)N3CC[C@@H]4OCC(=O)N[C@@H]4C3)CC2)c1. The molecule has 0 radical (unpaired) electrons. The van der Waals surface area contributed by atoms with Crippen LogP contribution in [0.2, 0.25) is 0 Å². The van der Waals surface area contributed by atoms with E-state index in [9.17, 15) is 14.4 Å². The molecule has 0 spiro atoms. The quantitative estimate of drug-likeness (QED) is 0.468. The molecule has 0 aromatic heterocycles. The molecule has 5 rings (SSSR count). The van der Waals surface area contributed by atoms with Crippen LogP contribution in [0.25, 0.3) is 0 Å². The minimum Gasteiger partial charge on any atom is -0.492 e. The Hall–Kier alpha value is -3.79. The number of hydrogen-bond donors (Lipinski definition) is 3. The Morgan fingerprint density at radius 2 is 1.77 bits per heavy atom. The Kier molecular flexibility index (Phi) is 8.51. The number of hydrogen-bond acceptors (Lipinski definition) is 5. The number of likely N-dealkylation sites (tertiary alicyclic amines) is 2. The molecule has 2 aromatic carbocycles. The van der Waals surface area contributed by atoms with Gasteiger partial charge in [-0.05, 0) is 48.4 Å². The molecule has 3 aliphatic rings. The molecule has 3 aliphatic heterocycles. The number of ether oxygens (including phenoxy) is 2. The van der Waals surface area contributed by atoms with E-state index in [1.807, 2.05) is 34.1 Å². The third-order valence-corrected chi connectivity index (χ3v) is 7.90. The number of carboxylic acid groups (broad SMARTS) is 1. The van der Waals surface area contributed by atoms with Gasteiger partial charge in [0, 0.05) is 32.1 Å². The molecule has 0 unspecified atom stereocenters. The largest absolute Gasteiger partial charge is 0.492 e. The highest BCUT2D eigenvalue weighted by atomic mass is 16.5. The van der Waals surface area contributed by atoms with Crippen LogP contribution in [0, 0.1) is 5.92 Å². The minimum absolute atomic E-state index is 0.0164. The predicted molar refractivity (Wildman–Crippen MR) is 144 cm³/mol. The average molecular weight is 537 g/mol. The lowest BCUT2D eigenvalue weighted by atomic mass is 9.76. The molecule has 39 heavy (non-hydrogen) atoms. The summed E-state index contributed by atoms with van der Waals surface area (Å²) < 4.78 is 11.4. The van der Waals surface area contributed by atoms with Crippen molar-refractivity contribution in [3.05, 3.63) is 65.7 Å². The predicted octanol–water partition coefficient (Wildman–Crippen LogP) is 2.89. The van der Waals surface area contributed by atoms with Crippen LogP contribution in [0.1, 0.15) is 36.3 Å². The van der Waals surface area contributed by atoms with Crippen molar-refractivity contribution in [1.82, 2.24) is 20.4 Å². The molecule has 208 valence electrons. The monoisotopic (exact) mass is 536 g/mol. The van der Waals surface area contributed by atoms with Crippen LogP contribution in [-0.4, -0.2) is 91.0 Å². The molecule has 3 saturated heterocycles. The van der Waals surface area contributed by atoms with E-state index in [2.05, 4.69) is 41.0 Å². The number of morpholine rings is 1. The van der Waals surface area contributed by atoms with Gasteiger partial charge in [0.2, 0.25) is 5.91 Å². The van der Waals surface area contributed by atoms with Crippen molar-refractivity contribution < 1.29 is 29.0 Å². The lowest BCUT2D eigenvalue weighted by Crippen LogP contribution is -2.62. The summed E-state index contributed by atoms with van der Waals surface area (Å²) in [6.07, 6.45) is 1.39. The van der Waals surface area contributed by atoms with E-state index in [-0.39, 0.29) is 49.8 Å². The number of piperidine rings is 2. The highest BCUT2D eigenvalue weighted by molar-refractivity contribution is 5.79. The second-order valence-corrected chi connectivity index (χ2v) is 10.4. The maximum absolute atomic E-state index is 13.4. The summed E-state index contributed by atoms with van der Waals surface area (Å²) in [5.41, 5.74) is 2.37. The van der Waals surface area contributed by atoms with Gasteiger partial charge in [0.05, 0.1) is 18.7 Å². The molecule has 3 N–H and O–H groups in total. The summed E-state index contributed by atoms with van der Waals surface area (Å²) in [7, 11) is 0. The summed E-state index contributed by atoms with van der Waals surface area (Å²) in [5, 5.41) is 14.1. The first-order valence-electron chi connectivity index (χ1n) is 13.7. The first-order valence-corrected chi connectivity index (χ1v) is 13.7. The number of urea groups is 1. The molecular formula is C29H36N4O6. The van der Waals surface area contributed by atoms with Crippen molar-refractivity contribution >= 4 is 18.0 Å². The second kappa shape index (κ2) is 12.4. The molecule has 3 heterocycles. The number of nitrogens with zero attached hydrogens (tertiary/aromatic N) is 2. The molecule has 10 nitrogen and oxygen atoms in total. The number of benzene rings is 2. The number of carbonyl (C=O) groups excluding carboxylic acids is 2. The van der Waals surface area contributed by atoms with Gasteiger partial charge >= 0.3 is 12.1 Å². The fourth-order valence-electron chi connectivity index (χ4n) is 6.02. The Balaban J connectivity index is 1.23. The van der Waals surface area contributed by atoms with E-state index in [1.54, 1.807) is 0 Å². The van der Waals surface area contributed by atoms with Gasteiger partial charge in [-0.1, -0.05) is 42.5 Å². The standard InChI is InChI=1S/C29H36N4O6/c34-26-19-39-25-11-15-33(18-24(25)31-26)29(37)32-13-9-21(10-14-32)27(20-5-2-1-3-6-20)22-7-4-8-23(17-22)38-16-12-30-28(35)36/h1-8,17,21,24-25,27,30H,9-16,18-19H2,(H,31,34)(H,35,36)/t24-,25+,27+/m1/s1. The van der Waals surface area contributed by atoms with Crippen molar-refractivity contribution in [2.24, 2.45) is 5.92 Å². The zero-order chi connectivity index (χ0) is 27.2. The Morgan fingerprint density at radius 3 is 2.54 bits per heavy atom. The van der Waals surface area contributed by atoms with Crippen molar-refractivity contribution in [2.45, 2.75) is 37.3 Å². The van der Waals surface area contributed by atoms with Gasteiger partial charge in [-0.15, -0.1) is 0 Å². The molecular weight excluding hydrogens is 500 g/mol. The molecule has 0 saturated carbocycles. The molecule has 0 bridgehead atoms. The van der Waals surface area contributed by atoms with Gasteiger partial charge in [-0.2, -0.15) is 0 Å². The lowest BCUT2D eigenvalue weighted by molar-refractivity contribution is -0.139. The summed E-state index contributed by atoms with van der Waals surface area (Å²) >= 11 is 0. The summed E-state index contributed by atoms with van der Waals surface area (Å²) in [5.74, 6) is 1.08. The lowest BCUT2D eigenvalue weighted by Gasteiger charge is -2.44. The number of carbonyl (C=O) groups is 3. The fourth-order valence-corrected chi connectivity index (χ4v) is 6.02. The van der Waals surface area contributed by atoms with Crippen molar-refractivity contribution in [2.75, 3.05) is 45.9 Å². The third-order valence-electron chi connectivity index (χ3n) is 7.90. The van der Waals surface area contributed by atoms with Crippen LogP contribution in [0.15, 0.2) is 54.6 Å². The Morgan fingerprint density at radius 1 is 1.03 bits per heavy atom. The summed E-state index contributed by atoms with van der Waals surface area (Å²) in [6, 6.07) is 18.3. The van der Waals surface area contributed by atoms with Gasteiger partial charge in [0.25, 0.3) is 0 Å². The van der Waals surface area contributed by atoms with Gasteiger partial charge < -0.3 is 35.0 Å². The topological polar surface area (TPSA) is 120 Å². The maximum atomic E-state index is 13.4. The first kappa shape index (κ1) is 26.8. The maximum Gasteiger partial charge on any atom is 0.404 e. The smallest absolute Gasteiger partial charge is 0.404 e. The van der Waals surface area contributed by atoms with Crippen LogP contribution in [-0.2, 0) is 9.53 Å². The fraction of sp³-hybridized carbons (Fsp3) is 0.483. The van der Waals surface area contributed by atoms with E-state index < -0.39 is 6.09 Å². The molecule has 2 aromatic rings. The number of amides is 4. The van der Waals surface area contributed by atoms with Gasteiger partial charge in [-0.3, -0.25) is 4.79 Å². The summed E-state index contributed by atoms with van der Waals surface area (Å²) in [4.78, 5) is 39.6. The highest BCUT2D eigenvalue weighted by Gasteiger charge is 2.38. The molecule has 0 aliphatic carbocycles. The number of nitrogens with one attached hydrogen (secondary N) is 2. The minimum atomic E-state index is -1.07. The normalized spacial score (nSPS) is 22.4. The van der Waals surface area contributed by atoms with Crippen LogP contribution in [0.3, 0.4) is 0 Å². The summed E-state index contributed by atoms with van der Waals surface area (Å²) in [6.45, 7) is 3.04. The van der Waals surface area contributed by atoms with Gasteiger partial charge in [-0.25, -0.2) is 9.59 Å². The number of fused-ring (bicyclic) bond motifs is 1. The van der Waals surface area contributed by atoms with Gasteiger partial charge in [0.15, 0.2) is 0 Å². The zero-order valence-corrected chi connectivity index (χ0v) is 22.0. The van der Waals surface area contributed by atoms with Crippen molar-refractivity contribution in [1.29, 1.82) is 0 Å².